The van der Waals surface area contributed by atoms with Crippen LogP contribution < -0.4 is 15.4 Å². The van der Waals surface area contributed by atoms with Crippen molar-refractivity contribution >= 4 is 51.0 Å². The van der Waals surface area contributed by atoms with Crippen molar-refractivity contribution in [3.05, 3.63) is 95.7 Å². The number of carbonyl (C=O) groups is 1. The normalized spacial score (nSPS) is 10.4. The maximum atomic E-state index is 13.0. The van der Waals surface area contributed by atoms with Gasteiger partial charge in [-0.2, -0.15) is 5.26 Å². The smallest absolute Gasteiger partial charge is 0.255 e. The van der Waals surface area contributed by atoms with Gasteiger partial charge in [0.25, 0.3) is 5.91 Å². The van der Waals surface area contributed by atoms with Gasteiger partial charge in [-0.1, -0.05) is 48.5 Å². The van der Waals surface area contributed by atoms with Gasteiger partial charge in [0.05, 0.1) is 29.1 Å². The number of carbonyl (C=O) groups excluding carboxylic acids is 1. The molecule has 2 N–H and O–H groups in total. The zero-order valence-corrected chi connectivity index (χ0v) is 19.2. The molecule has 1 heterocycles. The van der Waals surface area contributed by atoms with Crippen molar-refractivity contribution in [3.63, 3.8) is 0 Å². The first-order valence-electron chi connectivity index (χ1n) is 10.6. The second-order valence-corrected chi connectivity index (χ2v) is 7.82. The van der Waals surface area contributed by atoms with E-state index in [0.29, 0.717) is 50.8 Å². The van der Waals surface area contributed by atoms with E-state index in [9.17, 15) is 10.1 Å². The van der Waals surface area contributed by atoms with E-state index in [2.05, 4.69) is 28.3 Å². The van der Waals surface area contributed by atoms with Crippen LogP contribution in [0, 0.1) is 11.3 Å². The van der Waals surface area contributed by atoms with Crippen LogP contribution in [-0.4, -0.2) is 17.5 Å². The predicted molar refractivity (Wildman–Crippen MR) is 136 cm³/mol. The molecule has 0 radical (unpaired) electrons. The fraction of sp³-hybridized carbons (Fsp3) is 0.0741. The van der Waals surface area contributed by atoms with Crippen LogP contribution in [0.5, 0.6) is 5.75 Å². The Balaban J connectivity index is 1.78. The average Bonchev–Trinajstić information content (AvgIpc) is 2.86. The summed E-state index contributed by atoms with van der Waals surface area (Å²) in [4.78, 5) is 17.4. The highest BCUT2D eigenvalue weighted by Gasteiger charge is 2.17. The van der Waals surface area contributed by atoms with Gasteiger partial charge in [0.2, 0.25) is 0 Å². The average molecular weight is 469 g/mol. The van der Waals surface area contributed by atoms with Crippen LogP contribution in [0.3, 0.4) is 0 Å². The number of ether oxygens (including phenoxy) is 1. The highest BCUT2D eigenvalue weighted by Crippen LogP contribution is 2.36. The van der Waals surface area contributed by atoms with Gasteiger partial charge in [-0.3, -0.25) is 9.78 Å². The Morgan fingerprint density at radius 2 is 1.88 bits per heavy atom. The second kappa shape index (κ2) is 10.1. The molecule has 0 unspecified atom stereocenters. The van der Waals surface area contributed by atoms with Gasteiger partial charge in [-0.15, -0.1) is 0 Å². The third-order valence-corrected chi connectivity index (χ3v) is 5.40. The summed E-state index contributed by atoms with van der Waals surface area (Å²) in [6.07, 6.45) is 1.51. The molecule has 0 saturated heterocycles. The first-order valence-corrected chi connectivity index (χ1v) is 11.0. The SMILES string of the molecule is C=C(C(=O)Nc1cc2c(Nc3ccc(Cl)cc3)c(C#N)cnc2cc1OCC)c1ccccc1. The second-order valence-electron chi connectivity index (χ2n) is 7.39. The van der Waals surface area contributed by atoms with Crippen molar-refractivity contribution in [2.45, 2.75) is 6.92 Å². The Morgan fingerprint density at radius 1 is 1.15 bits per heavy atom. The number of aromatic nitrogens is 1. The van der Waals surface area contributed by atoms with E-state index in [1.54, 1.807) is 24.3 Å². The van der Waals surface area contributed by atoms with Crippen molar-refractivity contribution < 1.29 is 9.53 Å². The number of benzene rings is 3. The van der Waals surface area contributed by atoms with Crippen molar-refractivity contribution in [2.24, 2.45) is 0 Å². The highest BCUT2D eigenvalue weighted by atomic mass is 35.5. The largest absolute Gasteiger partial charge is 0.492 e. The van der Waals surface area contributed by atoms with Crippen LogP contribution >= 0.6 is 11.6 Å². The lowest BCUT2D eigenvalue weighted by Gasteiger charge is -2.16. The summed E-state index contributed by atoms with van der Waals surface area (Å²) in [6, 6.07) is 22.0. The van der Waals surface area contributed by atoms with Gasteiger partial charge in [0, 0.05) is 33.9 Å². The van der Waals surface area contributed by atoms with Crippen LogP contribution in [0.1, 0.15) is 18.1 Å². The summed E-state index contributed by atoms with van der Waals surface area (Å²) in [5.41, 5.74) is 3.79. The number of rotatable bonds is 7. The summed E-state index contributed by atoms with van der Waals surface area (Å²) < 4.78 is 5.77. The maximum absolute atomic E-state index is 13.0. The molecule has 0 saturated carbocycles. The number of anilines is 3. The minimum Gasteiger partial charge on any atom is -0.492 e. The van der Waals surface area contributed by atoms with Crippen molar-refractivity contribution in [1.29, 1.82) is 5.26 Å². The summed E-state index contributed by atoms with van der Waals surface area (Å²) in [5, 5.41) is 17.1. The molecule has 4 aromatic rings. The van der Waals surface area contributed by atoms with E-state index in [0.717, 1.165) is 11.3 Å². The number of nitriles is 1. The Kier molecular flexibility index (Phi) is 6.77. The lowest BCUT2D eigenvalue weighted by atomic mass is 10.1. The molecule has 0 aliphatic rings. The topological polar surface area (TPSA) is 87.0 Å². The predicted octanol–water partition coefficient (Wildman–Crippen LogP) is 6.55. The number of nitrogens with one attached hydrogen (secondary N) is 2. The minimum absolute atomic E-state index is 0.326. The first kappa shape index (κ1) is 22.8. The van der Waals surface area contributed by atoms with E-state index in [1.807, 2.05) is 49.4 Å². The van der Waals surface area contributed by atoms with Crippen LogP contribution in [0.25, 0.3) is 16.5 Å². The van der Waals surface area contributed by atoms with Gasteiger partial charge in [-0.25, -0.2) is 0 Å². The van der Waals surface area contributed by atoms with Crippen molar-refractivity contribution in [1.82, 2.24) is 4.98 Å². The summed E-state index contributed by atoms with van der Waals surface area (Å²) in [7, 11) is 0. The molecule has 0 atom stereocenters. The number of halogens is 1. The fourth-order valence-electron chi connectivity index (χ4n) is 3.46. The Bertz CT molecular complexity index is 1410. The quantitative estimate of drug-likeness (QED) is 0.300. The Morgan fingerprint density at radius 3 is 2.56 bits per heavy atom. The molecule has 1 amide bonds. The summed E-state index contributed by atoms with van der Waals surface area (Å²) in [5.74, 6) is 0.113. The van der Waals surface area contributed by atoms with Crippen LogP contribution in [-0.2, 0) is 4.79 Å². The molecule has 168 valence electrons. The van der Waals surface area contributed by atoms with Crippen LogP contribution in [0.15, 0.2) is 79.5 Å². The minimum atomic E-state index is -0.358. The number of hydrogen-bond acceptors (Lipinski definition) is 5. The molecular formula is C27H21ClN4O2. The van der Waals surface area contributed by atoms with E-state index in [-0.39, 0.29) is 5.91 Å². The molecule has 7 heteroatoms. The number of hydrogen-bond donors (Lipinski definition) is 2. The first-order chi connectivity index (χ1) is 16.5. The molecule has 1 aromatic heterocycles. The molecule has 0 aliphatic carbocycles. The highest BCUT2D eigenvalue weighted by molar-refractivity contribution is 6.30. The third kappa shape index (κ3) is 4.85. The Labute approximate surface area is 202 Å². The summed E-state index contributed by atoms with van der Waals surface area (Å²) >= 11 is 6.00. The van der Waals surface area contributed by atoms with Gasteiger partial charge in [0.15, 0.2) is 0 Å². The van der Waals surface area contributed by atoms with E-state index in [1.165, 1.54) is 6.20 Å². The third-order valence-electron chi connectivity index (χ3n) is 5.15. The monoisotopic (exact) mass is 468 g/mol. The molecule has 0 bridgehead atoms. The van der Waals surface area contributed by atoms with Gasteiger partial charge < -0.3 is 15.4 Å². The zero-order chi connectivity index (χ0) is 24.1. The molecule has 0 spiro atoms. The van der Waals surface area contributed by atoms with E-state index in [4.69, 9.17) is 16.3 Å². The summed E-state index contributed by atoms with van der Waals surface area (Å²) in [6.45, 7) is 6.20. The number of fused-ring (bicyclic) bond motifs is 1. The van der Waals surface area contributed by atoms with E-state index >= 15 is 0 Å². The fourth-order valence-corrected chi connectivity index (χ4v) is 3.58. The number of amides is 1. The molecule has 4 rings (SSSR count). The number of nitrogens with zero attached hydrogens (tertiary/aromatic N) is 2. The van der Waals surface area contributed by atoms with Crippen molar-refractivity contribution in [3.8, 4) is 11.8 Å². The maximum Gasteiger partial charge on any atom is 0.255 e. The lowest BCUT2D eigenvalue weighted by Crippen LogP contribution is -2.14. The van der Waals surface area contributed by atoms with Crippen LogP contribution in [0.2, 0.25) is 5.02 Å². The molecule has 0 fully saturated rings. The van der Waals surface area contributed by atoms with Gasteiger partial charge in [0.1, 0.15) is 11.8 Å². The van der Waals surface area contributed by atoms with Gasteiger partial charge >= 0.3 is 0 Å². The zero-order valence-electron chi connectivity index (χ0n) is 18.4. The molecule has 0 aliphatic heterocycles. The lowest BCUT2D eigenvalue weighted by molar-refractivity contribution is -0.111. The van der Waals surface area contributed by atoms with Crippen molar-refractivity contribution in [2.75, 3.05) is 17.2 Å². The molecular weight excluding hydrogens is 448 g/mol. The molecule has 34 heavy (non-hydrogen) atoms. The molecule has 6 nitrogen and oxygen atoms in total. The number of pyridine rings is 1. The Hall–Kier alpha value is -4.34. The van der Waals surface area contributed by atoms with Crippen LogP contribution in [0.4, 0.5) is 17.1 Å². The van der Waals surface area contributed by atoms with Gasteiger partial charge in [-0.05, 0) is 42.8 Å². The van der Waals surface area contributed by atoms with E-state index < -0.39 is 0 Å². The standard InChI is InChI=1S/C27H21ClN4O2/c1-3-34-25-14-23-22(13-24(25)32-27(33)17(2)18-7-5-4-6-8-18)26(19(15-29)16-30-23)31-21-11-9-20(28)10-12-21/h4-14,16H,2-3H2,1H3,(H,30,31)(H,32,33). The molecule has 3 aromatic carbocycles.